The fourth-order valence-corrected chi connectivity index (χ4v) is 3.01. The average molecular weight is 398 g/mol. The van der Waals surface area contributed by atoms with Crippen molar-refractivity contribution in [3.05, 3.63) is 63.6 Å². The molecule has 0 saturated heterocycles. The van der Waals surface area contributed by atoms with E-state index in [1.807, 2.05) is 29.2 Å². The van der Waals surface area contributed by atoms with Gasteiger partial charge in [0.2, 0.25) is 0 Å². The number of hydrogen-bond donors (Lipinski definition) is 2. The van der Waals surface area contributed by atoms with Crippen LogP contribution in [0, 0.1) is 11.3 Å². The van der Waals surface area contributed by atoms with Crippen LogP contribution in [0.4, 0.5) is 5.69 Å². The minimum atomic E-state index is -0.215. The fourth-order valence-electron chi connectivity index (χ4n) is 2.60. The molecule has 2 aromatic carbocycles. The monoisotopic (exact) mass is 397 g/mol. The Morgan fingerprint density at radius 1 is 1.36 bits per heavy atom. The van der Waals surface area contributed by atoms with Gasteiger partial charge in [0.25, 0.3) is 5.91 Å². The minimum absolute atomic E-state index is 0.215. The molecule has 25 heavy (non-hydrogen) atoms. The van der Waals surface area contributed by atoms with Crippen molar-refractivity contribution < 1.29 is 4.79 Å². The van der Waals surface area contributed by atoms with Crippen LogP contribution >= 0.6 is 15.9 Å². The van der Waals surface area contributed by atoms with Crippen LogP contribution in [0.1, 0.15) is 21.5 Å². The quantitative estimate of drug-likeness (QED) is 0.828. The molecule has 3 N–H and O–H groups in total. The van der Waals surface area contributed by atoms with E-state index in [-0.39, 0.29) is 5.91 Å². The van der Waals surface area contributed by atoms with Gasteiger partial charge in [-0.3, -0.25) is 4.79 Å². The lowest BCUT2D eigenvalue weighted by Gasteiger charge is -2.28. The van der Waals surface area contributed by atoms with Gasteiger partial charge in [-0.1, -0.05) is 22.0 Å². The first-order valence-electron chi connectivity index (χ1n) is 7.73. The van der Waals surface area contributed by atoms with Gasteiger partial charge in [0, 0.05) is 29.7 Å². The van der Waals surface area contributed by atoms with Crippen LogP contribution in [0.15, 0.2) is 51.9 Å². The first kappa shape index (κ1) is 17.0. The van der Waals surface area contributed by atoms with Gasteiger partial charge >= 0.3 is 0 Å². The summed E-state index contributed by atoms with van der Waals surface area (Å²) in [5.74, 6) is 0.225. The summed E-state index contributed by atoms with van der Waals surface area (Å²) in [5, 5.41) is 11.7. The number of rotatable bonds is 4. The molecule has 1 aliphatic heterocycles. The topological polar surface area (TPSA) is 94.5 Å². The zero-order valence-corrected chi connectivity index (χ0v) is 15.0. The van der Waals surface area contributed by atoms with Crippen molar-refractivity contribution in [2.45, 2.75) is 6.54 Å². The highest BCUT2D eigenvalue weighted by Gasteiger charge is 2.17. The van der Waals surface area contributed by atoms with Crippen molar-refractivity contribution >= 4 is 33.5 Å². The number of nitriles is 1. The van der Waals surface area contributed by atoms with Crippen molar-refractivity contribution in [1.82, 2.24) is 10.2 Å². The average Bonchev–Trinajstić information content (AvgIpc) is 2.62. The van der Waals surface area contributed by atoms with Gasteiger partial charge in [0.15, 0.2) is 5.96 Å². The van der Waals surface area contributed by atoms with Crippen LogP contribution in [0.25, 0.3) is 0 Å². The first-order chi connectivity index (χ1) is 12.1. The summed E-state index contributed by atoms with van der Waals surface area (Å²) in [6.07, 6.45) is 0. The highest BCUT2D eigenvalue weighted by atomic mass is 79.9. The molecule has 1 amide bonds. The maximum Gasteiger partial charge on any atom is 0.251 e. The Labute approximate surface area is 154 Å². The predicted octanol–water partition coefficient (Wildman–Crippen LogP) is 2.51. The molecule has 0 spiro atoms. The number of halogens is 1. The summed E-state index contributed by atoms with van der Waals surface area (Å²) in [6.45, 7) is 1.62. The van der Waals surface area contributed by atoms with E-state index in [0.29, 0.717) is 36.7 Å². The Balaban J connectivity index is 1.59. The molecule has 0 radical (unpaired) electrons. The Morgan fingerprint density at radius 2 is 2.20 bits per heavy atom. The standard InChI is InChI=1S/C18H16BrN5O/c19-15-4-5-16-14(9-15)11-24(18(21)23-16)7-6-22-17(25)13-3-1-2-12(8-13)10-20/h1-5,8-9H,6-7,11H2,(H2,21,23)(H,22,25). The second-order valence-electron chi connectivity index (χ2n) is 5.61. The molecule has 0 atom stereocenters. The number of nitrogens with two attached hydrogens (primary N) is 1. The van der Waals surface area contributed by atoms with Crippen LogP contribution < -0.4 is 11.1 Å². The lowest BCUT2D eigenvalue weighted by Crippen LogP contribution is -2.43. The van der Waals surface area contributed by atoms with Crippen LogP contribution in [0.5, 0.6) is 0 Å². The Kier molecular flexibility index (Phi) is 5.00. The van der Waals surface area contributed by atoms with Gasteiger partial charge in [0.1, 0.15) is 0 Å². The number of carbonyl (C=O) groups excluding carboxylic acids is 1. The van der Waals surface area contributed by atoms with Crippen molar-refractivity contribution in [3.8, 4) is 6.07 Å². The molecule has 126 valence electrons. The summed E-state index contributed by atoms with van der Waals surface area (Å²) in [6, 6.07) is 14.5. The second-order valence-corrected chi connectivity index (χ2v) is 6.53. The maximum atomic E-state index is 12.2. The molecule has 6 nitrogen and oxygen atoms in total. The molecule has 7 heteroatoms. The molecule has 1 aliphatic rings. The number of hydrogen-bond acceptors (Lipinski definition) is 5. The molecule has 0 unspecified atom stereocenters. The van der Waals surface area contributed by atoms with Crippen molar-refractivity contribution in [2.24, 2.45) is 10.7 Å². The number of benzene rings is 2. The molecule has 2 aromatic rings. The highest BCUT2D eigenvalue weighted by Crippen LogP contribution is 2.28. The number of fused-ring (bicyclic) bond motifs is 1. The van der Waals surface area contributed by atoms with Gasteiger partial charge in [-0.25, -0.2) is 4.99 Å². The smallest absolute Gasteiger partial charge is 0.251 e. The number of nitrogens with zero attached hydrogens (tertiary/aromatic N) is 3. The van der Waals surface area contributed by atoms with Gasteiger partial charge in [-0.2, -0.15) is 5.26 Å². The molecule has 0 aliphatic carbocycles. The van der Waals surface area contributed by atoms with Crippen molar-refractivity contribution in [3.63, 3.8) is 0 Å². The fraction of sp³-hybridized carbons (Fsp3) is 0.167. The van der Waals surface area contributed by atoms with Crippen LogP contribution in [0.2, 0.25) is 0 Å². The third-order valence-corrected chi connectivity index (χ3v) is 4.38. The molecule has 3 rings (SSSR count). The Morgan fingerprint density at radius 3 is 3.00 bits per heavy atom. The Hall–Kier alpha value is -2.85. The maximum absolute atomic E-state index is 12.2. The van der Waals surface area contributed by atoms with E-state index in [9.17, 15) is 4.79 Å². The van der Waals surface area contributed by atoms with Crippen LogP contribution in [-0.4, -0.2) is 29.9 Å². The number of aliphatic imine (C=N–C) groups is 1. The summed E-state index contributed by atoms with van der Waals surface area (Å²) in [5.41, 5.74) is 8.89. The van der Waals surface area contributed by atoms with Gasteiger partial charge in [-0.15, -0.1) is 0 Å². The van der Waals surface area contributed by atoms with E-state index >= 15 is 0 Å². The third-order valence-electron chi connectivity index (χ3n) is 3.88. The van der Waals surface area contributed by atoms with Gasteiger partial charge < -0.3 is 16.0 Å². The summed E-state index contributed by atoms with van der Waals surface area (Å²) >= 11 is 3.46. The summed E-state index contributed by atoms with van der Waals surface area (Å²) < 4.78 is 0.993. The number of carbonyl (C=O) groups is 1. The second kappa shape index (κ2) is 7.36. The molecule has 1 heterocycles. The Bertz CT molecular complexity index is 887. The summed E-state index contributed by atoms with van der Waals surface area (Å²) in [4.78, 5) is 18.5. The first-order valence-corrected chi connectivity index (χ1v) is 8.52. The van der Waals surface area contributed by atoms with Gasteiger partial charge in [-0.05, 0) is 42.0 Å². The van der Waals surface area contributed by atoms with Crippen molar-refractivity contribution in [1.29, 1.82) is 5.26 Å². The van der Waals surface area contributed by atoms with Gasteiger partial charge in [0.05, 0.1) is 17.3 Å². The zero-order chi connectivity index (χ0) is 17.8. The largest absolute Gasteiger partial charge is 0.369 e. The minimum Gasteiger partial charge on any atom is -0.369 e. The molecule has 0 bridgehead atoms. The van der Waals surface area contributed by atoms with E-state index in [4.69, 9.17) is 11.0 Å². The third kappa shape index (κ3) is 3.98. The molecule has 0 fully saturated rings. The highest BCUT2D eigenvalue weighted by molar-refractivity contribution is 9.10. The summed E-state index contributed by atoms with van der Waals surface area (Å²) in [7, 11) is 0. The van der Waals surface area contributed by atoms with Crippen molar-refractivity contribution in [2.75, 3.05) is 13.1 Å². The molecular weight excluding hydrogens is 382 g/mol. The SMILES string of the molecule is N#Cc1cccc(C(=O)NCCN2Cc3cc(Br)ccc3N=C2N)c1. The lowest BCUT2D eigenvalue weighted by molar-refractivity contribution is 0.0951. The predicted molar refractivity (Wildman–Crippen MR) is 99.3 cm³/mol. The normalized spacial score (nSPS) is 12.8. The molecule has 0 aromatic heterocycles. The van der Waals surface area contributed by atoms with E-state index < -0.39 is 0 Å². The molecular formula is C18H16BrN5O. The zero-order valence-electron chi connectivity index (χ0n) is 13.4. The lowest BCUT2D eigenvalue weighted by atomic mass is 10.1. The van der Waals surface area contributed by atoms with Crippen LogP contribution in [0.3, 0.4) is 0 Å². The number of nitrogens with one attached hydrogen (secondary N) is 1. The van der Waals surface area contributed by atoms with E-state index in [1.165, 1.54) is 0 Å². The molecule has 0 saturated carbocycles. The number of guanidine groups is 1. The van der Waals surface area contributed by atoms with Crippen LogP contribution in [-0.2, 0) is 6.54 Å². The van der Waals surface area contributed by atoms with E-state index in [1.54, 1.807) is 24.3 Å². The van der Waals surface area contributed by atoms with E-state index in [0.717, 1.165) is 15.7 Å². The number of amides is 1. The van der Waals surface area contributed by atoms with E-state index in [2.05, 4.69) is 26.2 Å².